The molecule has 1 unspecified atom stereocenters. The molecule has 5 heteroatoms. The predicted molar refractivity (Wildman–Crippen MR) is 75.8 cm³/mol. The molecular weight excluding hydrogens is 270 g/mol. The molecular formula is C16H17NO4. The molecule has 1 saturated heterocycles. The Balaban J connectivity index is 1.90. The van der Waals surface area contributed by atoms with Gasteiger partial charge in [0.15, 0.2) is 6.23 Å². The average Bonchev–Trinajstić information content (AvgIpc) is 2.84. The maximum atomic E-state index is 12.7. The number of carbonyl (C=O) groups excluding carboxylic acids is 1. The first-order chi connectivity index (χ1) is 10.2. The smallest absolute Gasteiger partial charge is 0.450 e. The summed E-state index contributed by atoms with van der Waals surface area (Å²) in [4.78, 5) is 25.2. The number of carboxylic acid groups (broad SMARTS) is 1. The molecule has 1 aliphatic heterocycles. The van der Waals surface area contributed by atoms with E-state index in [1.165, 1.54) is 0 Å². The van der Waals surface area contributed by atoms with Gasteiger partial charge in [-0.3, -0.25) is 9.69 Å². The number of allylic oxidation sites excluding steroid dienone is 1. The molecule has 1 aromatic carbocycles. The molecule has 21 heavy (non-hydrogen) atoms. The quantitative estimate of drug-likeness (QED) is 0.671. The summed E-state index contributed by atoms with van der Waals surface area (Å²) in [7, 11) is 0. The highest BCUT2D eigenvalue weighted by Crippen LogP contribution is 2.38. The van der Waals surface area contributed by atoms with Crippen LogP contribution in [0.2, 0.25) is 0 Å². The highest BCUT2D eigenvalue weighted by molar-refractivity contribution is 5.95. The summed E-state index contributed by atoms with van der Waals surface area (Å²) >= 11 is 0. The van der Waals surface area contributed by atoms with Crippen molar-refractivity contribution >= 4 is 12.1 Å². The van der Waals surface area contributed by atoms with Crippen molar-refractivity contribution in [3.05, 3.63) is 48.0 Å². The zero-order valence-electron chi connectivity index (χ0n) is 11.5. The van der Waals surface area contributed by atoms with E-state index in [1.54, 1.807) is 29.2 Å². The van der Waals surface area contributed by atoms with E-state index in [0.29, 0.717) is 12.0 Å². The Morgan fingerprint density at radius 3 is 2.71 bits per heavy atom. The number of nitrogens with zero attached hydrogens (tertiary/aromatic N) is 1. The molecule has 0 spiro atoms. The zero-order chi connectivity index (χ0) is 14.8. The Hall–Kier alpha value is -2.30. The number of benzene rings is 1. The summed E-state index contributed by atoms with van der Waals surface area (Å²) in [6.45, 7) is 0. The maximum absolute atomic E-state index is 12.7. The minimum absolute atomic E-state index is 0.0733. The summed E-state index contributed by atoms with van der Waals surface area (Å²) in [6.07, 6.45) is 4.50. The second-order valence-corrected chi connectivity index (χ2v) is 5.41. The molecule has 1 aliphatic carbocycles. The fourth-order valence-electron chi connectivity index (χ4n) is 3.23. The molecule has 1 amide bonds. The van der Waals surface area contributed by atoms with Gasteiger partial charge >= 0.3 is 6.16 Å². The Kier molecular flexibility index (Phi) is 3.64. The molecule has 3 rings (SSSR count). The topological polar surface area (TPSA) is 66.8 Å². The van der Waals surface area contributed by atoms with Gasteiger partial charge in [0.05, 0.1) is 6.04 Å². The lowest BCUT2D eigenvalue weighted by atomic mass is 9.90. The first kappa shape index (κ1) is 13.7. The molecule has 1 heterocycles. The summed E-state index contributed by atoms with van der Waals surface area (Å²) in [5.41, 5.74) is 0.552. The molecule has 1 N–H and O–H groups in total. The van der Waals surface area contributed by atoms with Crippen LogP contribution in [-0.4, -0.2) is 34.3 Å². The molecule has 0 aromatic heterocycles. The minimum atomic E-state index is -1.34. The van der Waals surface area contributed by atoms with Crippen LogP contribution in [0.25, 0.3) is 0 Å². The average molecular weight is 287 g/mol. The standard InChI is InChI=1S/C16H17NO4/c18-15(11-6-2-1-3-7-11)17-13-9-5-4-8-12(13)10-14(17)21-16(19)20/h1-3,5-7,9,12-14H,4,8,10H2,(H,19,20)/t12-,13?,14-/m1/s1. The fraction of sp³-hybridized carbons (Fsp3) is 0.375. The number of fused-ring (bicyclic) bond motifs is 1. The van der Waals surface area contributed by atoms with Crippen LogP contribution in [0.4, 0.5) is 4.79 Å². The van der Waals surface area contributed by atoms with Crippen LogP contribution < -0.4 is 0 Å². The lowest BCUT2D eigenvalue weighted by Gasteiger charge is -2.30. The van der Waals surface area contributed by atoms with E-state index in [4.69, 9.17) is 9.84 Å². The number of hydrogen-bond acceptors (Lipinski definition) is 3. The molecule has 0 saturated carbocycles. The van der Waals surface area contributed by atoms with E-state index in [-0.39, 0.29) is 17.9 Å². The summed E-state index contributed by atoms with van der Waals surface area (Å²) in [6, 6.07) is 8.83. The minimum Gasteiger partial charge on any atom is -0.450 e. The Labute approximate surface area is 122 Å². The molecule has 1 fully saturated rings. The predicted octanol–water partition coefficient (Wildman–Crippen LogP) is 2.89. The van der Waals surface area contributed by atoms with Gasteiger partial charge in [0.1, 0.15) is 0 Å². The van der Waals surface area contributed by atoms with Crippen LogP contribution >= 0.6 is 0 Å². The molecule has 3 atom stereocenters. The van der Waals surface area contributed by atoms with Crippen LogP contribution in [0.1, 0.15) is 29.6 Å². The van der Waals surface area contributed by atoms with Crippen molar-refractivity contribution in [1.29, 1.82) is 0 Å². The van der Waals surface area contributed by atoms with Crippen molar-refractivity contribution in [3.63, 3.8) is 0 Å². The number of carbonyl (C=O) groups is 2. The van der Waals surface area contributed by atoms with E-state index in [0.717, 1.165) is 12.8 Å². The molecule has 0 radical (unpaired) electrons. The third-order valence-corrected chi connectivity index (χ3v) is 4.15. The third-order valence-electron chi connectivity index (χ3n) is 4.15. The molecule has 2 aliphatic rings. The molecule has 110 valence electrons. The lowest BCUT2D eigenvalue weighted by molar-refractivity contribution is -0.0123. The first-order valence-electron chi connectivity index (χ1n) is 7.11. The van der Waals surface area contributed by atoms with Crippen molar-refractivity contribution in [2.45, 2.75) is 31.5 Å². The Bertz CT molecular complexity index is 569. The van der Waals surface area contributed by atoms with E-state index >= 15 is 0 Å². The highest BCUT2D eigenvalue weighted by atomic mass is 16.7. The van der Waals surface area contributed by atoms with Crippen molar-refractivity contribution in [3.8, 4) is 0 Å². The number of likely N-dealkylation sites (tertiary alicyclic amines) is 1. The maximum Gasteiger partial charge on any atom is 0.507 e. The van der Waals surface area contributed by atoms with Crippen LogP contribution in [0.5, 0.6) is 0 Å². The Morgan fingerprint density at radius 1 is 1.24 bits per heavy atom. The van der Waals surface area contributed by atoms with Crippen molar-refractivity contribution < 1.29 is 19.4 Å². The molecule has 5 nitrogen and oxygen atoms in total. The van der Waals surface area contributed by atoms with Crippen molar-refractivity contribution in [2.24, 2.45) is 5.92 Å². The third kappa shape index (κ3) is 2.63. The fourth-order valence-corrected chi connectivity index (χ4v) is 3.23. The van der Waals surface area contributed by atoms with Gasteiger partial charge < -0.3 is 9.84 Å². The van der Waals surface area contributed by atoms with Gasteiger partial charge in [0.25, 0.3) is 5.91 Å². The zero-order valence-corrected chi connectivity index (χ0v) is 11.5. The van der Waals surface area contributed by atoms with Crippen LogP contribution in [0.3, 0.4) is 0 Å². The molecule has 0 bridgehead atoms. The van der Waals surface area contributed by atoms with Gasteiger partial charge in [-0.2, -0.15) is 0 Å². The lowest BCUT2D eigenvalue weighted by Crippen LogP contribution is -2.43. The number of rotatable bonds is 2. The summed E-state index contributed by atoms with van der Waals surface area (Å²) in [5, 5.41) is 8.90. The van der Waals surface area contributed by atoms with E-state index < -0.39 is 12.4 Å². The van der Waals surface area contributed by atoms with Crippen LogP contribution in [0, 0.1) is 5.92 Å². The van der Waals surface area contributed by atoms with Crippen molar-refractivity contribution in [2.75, 3.05) is 0 Å². The monoisotopic (exact) mass is 287 g/mol. The number of ether oxygens (including phenoxy) is 1. The number of amides is 1. The van der Waals surface area contributed by atoms with Gasteiger partial charge in [-0.25, -0.2) is 4.79 Å². The summed E-state index contributed by atoms with van der Waals surface area (Å²) < 4.78 is 4.95. The van der Waals surface area contributed by atoms with Crippen LogP contribution in [-0.2, 0) is 4.74 Å². The Morgan fingerprint density at radius 2 is 2.00 bits per heavy atom. The van der Waals surface area contributed by atoms with E-state index in [1.807, 2.05) is 12.1 Å². The second-order valence-electron chi connectivity index (χ2n) is 5.41. The largest absolute Gasteiger partial charge is 0.507 e. The second kappa shape index (κ2) is 5.60. The molecule has 1 aromatic rings. The van der Waals surface area contributed by atoms with Gasteiger partial charge in [-0.15, -0.1) is 0 Å². The van der Waals surface area contributed by atoms with E-state index in [2.05, 4.69) is 6.08 Å². The summed E-state index contributed by atoms with van der Waals surface area (Å²) in [5.74, 6) is 0.0907. The van der Waals surface area contributed by atoms with Gasteiger partial charge in [-0.1, -0.05) is 30.4 Å². The normalized spacial score (nSPS) is 27.2. The van der Waals surface area contributed by atoms with Crippen molar-refractivity contribution in [1.82, 2.24) is 4.90 Å². The van der Waals surface area contributed by atoms with Gasteiger partial charge in [-0.05, 0) is 30.9 Å². The van der Waals surface area contributed by atoms with Crippen LogP contribution in [0.15, 0.2) is 42.5 Å². The highest BCUT2D eigenvalue weighted by Gasteiger charge is 2.45. The first-order valence-corrected chi connectivity index (χ1v) is 7.11. The SMILES string of the molecule is O=C(O)O[C@@H]1C[C@H]2CCC=CC2N1C(=O)c1ccccc1. The van der Waals surface area contributed by atoms with Gasteiger partial charge in [0, 0.05) is 12.0 Å². The van der Waals surface area contributed by atoms with E-state index in [9.17, 15) is 9.59 Å². The van der Waals surface area contributed by atoms with Gasteiger partial charge in [0.2, 0.25) is 0 Å². The number of hydrogen-bond donors (Lipinski definition) is 1.